The quantitative estimate of drug-likeness (QED) is 0.492. The van der Waals surface area contributed by atoms with Crippen LogP contribution in [0.5, 0.6) is 0 Å². The fourth-order valence-corrected chi connectivity index (χ4v) is 3.57. The van der Waals surface area contributed by atoms with E-state index in [0.717, 1.165) is 24.0 Å². The highest BCUT2D eigenvalue weighted by Crippen LogP contribution is 2.28. The zero-order valence-corrected chi connectivity index (χ0v) is 15.9. The number of likely N-dealkylation sites (tertiary alicyclic amines) is 1. The number of hydrogen-bond acceptors (Lipinski definition) is 6. The first kappa shape index (κ1) is 18.8. The lowest BCUT2D eigenvalue weighted by Crippen LogP contribution is -2.39. The Morgan fingerprint density at radius 3 is 2.76 bits per heavy atom. The summed E-state index contributed by atoms with van der Waals surface area (Å²) >= 11 is 0. The lowest BCUT2D eigenvalue weighted by molar-refractivity contribution is -0.384. The van der Waals surface area contributed by atoms with Crippen molar-refractivity contribution in [1.82, 2.24) is 15.0 Å². The van der Waals surface area contributed by atoms with Crippen molar-refractivity contribution >= 4 is 11.6 Å². The zero-order chi connectivity index (χ0) is 20.4. The number of carbonyl (C=O) groups is 1. The van der Waals surface area contributed by atoms with Crippen molar-refractivity contribution in [3.63, 3.8) is 0 Å². The Morgan fingerprint density at radius 1 is 1.24 bits per heavy atom. The van der Waals surface area contributed by atoms with Gasteiger partial charge in [0.15, 0.2) is 0 Å². The molecule has 1 aromatic heterocycles. The number of benzene rings is 2. The minimum atomic E-state index is -0.480. The first-order chi connectivity index (χ1) is 14.0. The van der Waals surface area contributed by atoms with E-state index in [9.17, 15) is 14.9 Å². The number of nitrogens with zero attached hydrogens (tertiary/aromatic N) is 4. The van der Waals surface area contributed by atoms with Crippen LogP contribution in [0.25, 0.3) is 11.4 Å². The van der Waals surface area contributed by atoms with Crippen LogP contribution in [0.1, 0.15) is 40.6 Å². The van der Waals surface area contributed by atoms with Crippen molar-refractivity contribution in [2.75, 3.05) is 13.1 Å². The molecule has 0 N–H and O–H groups in total. The van der Waals surface area contributed by atoms with Crippen molar-refractivity contribution in [2.24, 2.45) is 0 Å². The average molecular weight is 392 g/mol. The second-order valence-corrected chi connectivity index (χ2v) is 7.22. The summed E-state index contributed by atoms with van der Waals surface area (Å²) in [6, 6.07) is 13.6. The van der Waals surface area contributed by atoms with Crippen molar-refractivity contribution in [1.29, 1.82) is 0 Å². The molecule has 2 aromatic carbocycles. The summed E-state index contributed by atoms with van der Waals surface area (Å²) in [5.74, 6) is 0.894. The molecule has 1 unspecified atom stereocenters. The Balaban J connectivity index is 1.48. The maximum absolute atomic E-state index is 12.8. The van der Waals surface area contributed by atoms with Gasteiger partial charge in [0.05, 0.1) is 10.8 Å². The van der Waals surface area contributed by atoms with Gasteiger partial charge in [-0.2, -0.15) is 4.98 Å². The highest BCUT2D eigenvalue weighted by molar-refractivity contribution is 5.94. The molecular formula is C21H20N4O4. The summed E-state index contributed by atoms with van der Waals surface area (Å²) in [5, 5.41) is 14.9. The molecule has 0 aliphatic carbocycles. The highest BCUT2D eigenvalue weighted by Gasteiger charge is 2.29. The van der Waals surface area contributed by atoms with Gasteiger partial charge in [-0.05, 0) is 38.0 Å². The molecule has 4 rings (SSSR count). The predicted molar refractivity (Wildman–Crippen MR) is 105 cm³/mol. The fourth-order valence-electron chi connectivity index (χ4n) is 3.57. The number of amides is 1. The van der Waals surface area contributed by atoms with Crippen molar-refractivity contribution in [3.8, 4) is 11.4 Å². The summed E-state index contributed by atoms with van der Waals surface area (Å²) < 4.78 is 5.50. The molecule has 0 radical (unpaired) electrons. The standard InChI is InChI=1S/C21H20N4O4/c1-14-4-2-5-16(12-14)19-22-20(29-23-19)17-6-3-11-24(13-17)21(26)15-7-9-18(10-8-15)25(27)28/h2,4-5,7-10,12,17H,3,6,11,13H2,1H3. The lowest BCUT2D eigenvalue weighted by atomic mass is 9.97. The van der Waals surface area contributed by atoms with Crippen molar-refractivity contribution in [2.45, 2.75) is 25.7 Å². The molecule has 0 saturated carbocycles. The number of non-ortho nitro benzene ring substituents is 1. The summed E-state index contributed by atoms with van der Waals surface area (Å²) in [4.78, 5) is 29.4. The molecule has 148 valence electrons. The zero-order valence-electron chi connectivity index (χ0n) is 15.9. The van der Waals surface area contributed by atoms with Crippen LogP contribution in [0.15, 0.2) is 53.1 Å². The smallest absolute Gasteiger partial charge is 0.269 e. The number of rotatable bonds is 4. The van der Waals surface area contributed by atoms with Gasteiger partial charge in [-0.3, -0.25) is 14.9 Å². The van der Waals surface area contributed by atoms with E-state index >= 15 is 0 Å². The Labute approximate surface area is 167 Å². The Kier molecular flexibility index (Phi) is 5.07. The SMILES string of the molecule is Cc1cccc(-c2noc(C3CCCN(C(=O)c4ccc([N+](=O)[O-])cc4)C3)n2)c1. The van der Waals surface area contributed by atoms with Crippen LogP contribution >= 0.6 is 0 Å². The van der Waals surface area contributed by atoms with Gasteiger partial charge in [-0.25, -0.2) is 0 Å². The molecule has 1 atom stereocenters. The van der Waals surface area contributed by atoms with Crippen LogP contribution in [0.3, 0.4) is 0 Å². The third-order valence-corrected chi connectivity index (χ3v) is 5.10. The molecule has 1 fully saturated rings. The van der Waals surface area contributed by atoms with E-state index in [-0.39, 0.29) is 17.5 Å². The van der Waals surface area contributed by atoms with Crippen LogP contribution in [0.2, 0.25) is 0 Å². The molecule has 1 aliphatic rings. The third-order valence-electron chi connectivity index (χ3n) is 5.10. The molecular weight excluding hydrogens is 372 g/mol. The highest BCUT2D eigenvalue weighted by atomic mass is 16.6. The first-order valence-electron chi connectivity index (χ1n) is 9.45. The molecule has 1 amide bonds. The number of nitro groups is 1. The molecule has 3 aromatic rings. The molecule has 0 bridgehead atoms. The topological polar surface area (TPSA) is 102 Å². The number of carbonyl (C=O) groups excluding carboxylic acids is 1. The van der Waals surface area contributed by atoms with E-state index in [2.05, 4.69) is 10.1 Å². The van der Waals surface area contributed by atoms with Gasteiger partial charge in [0.25, 0.3) is 11.6 Å². The van der Waals surface area contributed by atoms with Crippen LogP contribution in [0, 0.1) is 17.0 Å². The Bertz CT molecular complexity index is 1040. The second-order valence-electron chi connectivity index (χ2n) is 7.22. The van der Waals surface area contributed by atoms with Gasteiger partial charge in [0.1, 0.15) is 0 Å². The van der Waals surface area contributed by atoms with Gasteiger partial charge in [-0.1, -0.05) is 28.9 Å². The number of nitro benzene ring substituents is 1. The summed E-state index contributed by atoms with van der Waals surface area (Å²) in [6.07, 6.45) is 1.69. The number of piperidine rings is 1. The van der Waals surface area contributed by atoms with Gasteiger partial charge < -0.3 is 9.42 Å². The molecule has 2 heterocycles. The molecule has 8 nitrogen and oxygen atoms in total. The van der Waals surface area contributed by atoms with Crippen molar-refractivity contribution in [3.05, 3.63) is 75.7 Å². The van der Waals surface area contributed by atoms with E-state index in [0.29, 0.717) is 30.4 Å². The van der Waals surface area contributed by atoms with Gasteiger partial charge in [0.2, 0.25) is 11.7 Å². The lowest BCUT2D eigenvalue weighted by Gasteiger charge is -2.31. The average Bonchev–Trinajstić information content (AvgIpc) is 3.24. The molecule has 8 heteroatoms. The summed E-state index contributed by atoms with van der Waals surface area (Å²) in [7, 11) is 0. The van der Waals surface area contributed by atoms with Crippen LogP contribution in [-0.4, -0.2) is 39.0 Å². The molecule has 29 heavy (non-hydrogen) atoms. The minimum Gasteiger partial charge on any atom is -0.339 e. The Morgan fingerprint density at radius 2 is 2.03 bits per heavy atom. The predicted octanol–water partition coefficient (Wildman–Crippen LogP) is 3.97. The maximum Gasteiger partial charge on any atom is 0.269 e. The number of aromatic nitrogens is 2. The minimum absolute atomic E-state index is 0.0307. The Hall–Kier alpha value is -3.55. The first-order valence-corrected chi connectivity index (χ1v) is 9.45. The van der Waals surface area contributed by atoms with Gasteiger partial charge in [0, 0.05) is 36.3 Å². The van der Waals surface area contributed by atoms with E-state index in [1.807, 2.05) is 31.2 Å². The molecule has 0 spiro atoms. The largest absolute Gasteiger partial charge is 0.339 e. The van der Waals surface area contributed by atoms with Crippen LogP contribution in [-0.2, 0) is 0 Å². The normalized spacial score (nSPS) is 16.6. The van der Waals surface area contributed by atoms with Gasteiger partial charge in [-0.15, -0.1) is 0 Å². The maximum atomic E-state index is 12.8. The van der Waals surface area contributed by atoms with E-state index in [1.165, 1.54) is 24.3 Å². The number of aryl methyl sites for hydroxylation is 1. The van der Waals surface area contributed by atoms with E-state index in [4.69, 9.17) is 4.52 Å². The van der Waals surface area contributed by atoms with Crippen LogP contribution in [0.4, 0.5) is 5.69 Å². The van der Waals surface area contributed by atoms with E-state index in [1.54, 1.807) is 4.90 Å². The molecule has 1 aliphatic heterocycles. The summed E-state index contributed by atoms with van der Waals surface area (Å²) in [6.45, 7) is 3.11. The third kappa shape index (κ3) is 4.01. The van der Waals surface area contributed by atoms with E-state index < -0.39 is 4.92 Å². The van der Waals surface area contributed by atoms with Gasteiger partial charge >= 0.3 is 0 Å². The second kappa shape index (κ2) is 7.83. The van der Waals surface area contributed by atoms with Crippen molar-refractivity contribution < 1.29 is 14.2 Å². The fraction of sp³-hybridized carbons (Fsp3) is 0.286. The van der Waals surface area contributed by atoms with Crippen LogP contribution < -0.4 is 0 Å². The number of hydrogen-bond donors (Lipinski definition) is 0. The molecule has 1 saturated heterocycles. The monoisotopic (exact) mass is 392 g/mol. The summed E-state index contributed by atoms with van der Waals surface area (Å²) in [5.41, 5.74) is 2.41.